The van der Waals surface area contributed by atoms with Gasteiger partial charge in [-0.15, -0.1) is 0 Å². The summed E-state index contributed by atoms with van der Waals surface area (Å²) in [5.41, 5.74) is 2.21. The van der Waals surface area contributed by atoms with E-state index in [-0.39, 0.29) is 43.9 Å². The van der Waals surface area contributed by atoms with Gasteiger partial charge in [0.25, 0.3) is 5.91 Å². The summed E-state index contributed by atoms with van der Waals surface area (Å²) in [4.78, 5) is 53.0. The van der Waals surface area contributed by atoms with Gasteiger partial charge in [0.15, 0.2) is 19.4 Å². The zero-order chi connectivity index (χ0) is 33.9. The molecule has 2 atom stereocenters. The summed E-state index contributed by atoms with van der Waals surface area (Å²) in [5, 5.41) is 12.5. The molecule has 1 aliphatic heterocycles. The van der Waals surface area contributed by atoms with E-state index < -0.39 is 30.1 Å². The van der Waals surface area contributed by atoms with E-state index in [4.69, 9.17) is 23.7 Å². The number of benzene rings is 3. The van der Waals surface area contributed by atoms with E-state index in [9.17, 15) is 24.3 Å². The fourth-order valence-corrected chi connectivity index (χ4v) is 5.12. The number of nitrogens with one attached hydrogen (secondary N) is 1. The second-order valence-corrected chi connectivity index (χ2v) is 11.3. The zero-order valence-electron chi connectivity index (χ0n) is 26.9. The molecule has 12 nitrogen and oxygen atoms in total. The molecule has 1 saturated heterocycles. The van der Waals surface area contributed by atoms with Gasteiger partial charge < -0.3 is 39.0 Å². The van der Waals surface area contributed by atoms with Crippen LogP contribution in [-0.2, 0) is 14.2 Å². The highest BCUT2D eigenvalue weighted by Gasteiger charge is 2.33. The molecule has 1 heterocycles. The Morgan fingerprint density at radius 2 is 1.51 bits per heavy atom. The van der Waals surface area contributed by atoms with Crippen LogP contribution in [0, 0.1) is 0 Å². The molecule has 250 valence electrons. The highest BCUT2D eigenvalue weighted by molar-refractivity contribution is 6.11. The van der Waals surface area contributed by atoms with Crippen LogP contribution in [-0.4, -0.2) is 86.8 Å². The van der Waals surface area contributed by atoms with Gasteiger partial charge in [-0.3, -0.25) is 9.59 Å². The number of hydrogen-bond acceptors (Lipinski definition) is 9. The quantitative estimate of drug-likeness (QED) is 0.146. The Labute approximate surface area is 273 Å². The van der Waals surface area contributed by atoms with E-state index in [1.54, 1.807) is 48.5 Å². The minimum atomic E-state index is -1.13. The van der Waals surface area contributed by atoms with Crippen LogP contribution in [0.15, 0.2) is 66.7 Å². The van der Waals surface area contributed by atoms with Crippen molar-refractivity contribution in [3.05, 3.63) is 94.5 Å². The molecule has 0 spiro atoms. The number of methoxy groups -OCH3 is 2. The number of likely N-dealkylation sites (tertiary alicyclic amines) is 1. The normalized spacial score (nSPS) is 16.2. The van der Waals surface area contributed by atoms with Crippen molar-refractivity contribution in [1.82, 2.24) is 10.2 Å². The van der Waals surface area contributed by atoms with Gasteiger partial charge >= 0.3 is 12.1 Å². The van der Waals surface area contributed by atoms with E-state index in [0.717, 1.165) is 5.56 Å². The lowest BCUT2D eigenvalue weighted by Crippen LogP contribution is -2.51. The van der Waals surface area contributed by atoms with Crippen LogP contribution in [0.5, 0.6) is 11.5 Å². The number of ketones is 1. The molecule has 2 N–H and O–H groups in total. The molecular formula is C35H40N2O10. The Balaban J connectivity index is 1.49. The second kappa shape index (κ2) is 16.6. The average Bonchev–Trinajstić information content (AvgIpc) is 3.28. The van der Waals surface area contributed by atoms with Gasteiger partial charge in [0.1, 0.15) is 17.6 Å². The maximum atomic E-state index is 13.5. The van der Waals surface area contributed by atoms with Crippen LogP contribution >= 0.6 is 0 Å². The highest BCUT2D eigenvalue weighted by atomic mass is 16.7. The second-order valence-electron chi connectivity index (χ2n) is 11.3. The van der Waals surface area contributed by atoms with Crippen molar-refractivity contribution in [2.24, 2.45) is 0 Å². The topological polar surface area (TPSA) is 150 Å². The van der Waals surface area contributed by atoms with E-state index >= 15 is 0 Å². The van der Waals surface area contributed by atoms with Crippen molar-refractivity contribution in [2.45, 2.75) is 44.8 Å². The third kappa shape index (κ3) is 9.30. The van der Waals surface area contributed by atoms with Crippen molar-refractivity contribution >= 4 is 23.8 Å². The predicted octanol–water partition coefficient (Wildman–Crippen LogP) is 5.10. The van der Waals surface area contributed by atoms with E-state index in [0.29, 0.717) is 41.0 Å². The fourth-order valence-electron chi connectivity index (χ4n) is 5.12. The lowest BCUT2D eigenvalue weighted by Gasteiger charge is -2.28. The molecule has 3 aromatic rings. The van der Waals surface area contributed by atoms with Crippen molar-refractivity contribution in [1.29, 1.82) is 0 Å². The summed E-state index contributed by atoms with van der Waals surface area (Å²) in [5.74, 6) is -0.313. The molecular weight excluding hydrogens is 608 g/mol. The number of amides is 2. The molecule has 1 fully saturated rings. The monoisotopic (exact) mass is 648 g/mol. The lowest BCUT2D eigenvalue weighted by molar-refractivity contribution is 0.0179. The number of hydrogen-bond donors (Lipinski definition) is 2. The van der Waals surface area contributed by atoms with E-state index in [2.05, 4.69) is 5.32 Å². The summed E-state index contributed by atoms with van der Waals surface area (Å²) in [6, 6.07) is 17.1. The Hall–Kier alpha value is -4.94. The average molecular weight is 649 g/mol. The van der Waals surface area contributed by atoms with Gasteiger partial charge in [0.05, 0.1) is 17.2 Å². The highest BCUT2D eigenvalue weighted by Crippen LogP contribution is 2.27. The lowest BCUT2D eigenvalue weighted by atomic mass is 9.95. The van der Waals surface area contributed by atoms with E-state index in [1.165, 1.54) is 31.3 Å². The van der Waals surface area contributed by atoms with Crippen LogP contribution in [0.2, 0.25) is 0 Å². The van der Waals surface area contributed by atoms with Crippen molar-refractivity contribution < 1.29 is 48.0 Å². The minimum Gasteiger partial charge on any atom is -0.468 e. The third-order valence-electron chi connectivity index (χ3n) is 7.72. The number of nitrogens with zero attached hydrogens (tertiary/aromatic N) is 1. The van der Waals surface area contributed by atoms with Crippen LogP contribution in [0.1, 0.15) is 74.8 Å². The molecule has 3 aromatic carbocycles. The molecule has 0 bridgehead atoms. The molecule has 1 aliphatic rings. The van der Waals surface area contributed by atoms with Crippen LogP contribution < -0.4 is 14.8 Å². The first-order valence-electron chi connectivity index (χ1n) is 15.2. The predicted molar refractivity (Wildman–Crippen MR) is 171 cm³/mol. The summed E-state index contributed by atoms with van der Waals surface area (Å²) >= 11 is 0. The number of carbonyl (C=O) groups excluding carboxylic acids is 3. The molecule has 4 rings (SSSR count). The van der Waals surface area contributed by atoms with Crippen molar-refractivity contribution in [3.8, 4) is 11.5 Å². The molecule has 0 saturated carbocycles. The summed E-state index contributed by atoms with van der Waals surface area (Å²) < 4.78 is 26.8. The summed E-state index contributed by atoms with van der Waals surface area (Å²) in [6.45, 7) is 4.26. The molecule has 2 amide bonds. The minimum absolute atomic E-state index is 0.0188. The third-order valence-corrected chi connectivity index (χ3v) is 7.72. The number of rotatable bonds is 13. The van der Waals surface area contributed by atoms with Crippen molar-refractivity contribution in [3.63, 3.8) is 0 Å². The SMILES string of the molecule is COCOc1ccc(C(=O)N[C@@H]2CN(C(=O)O)CCC[C@H]2OC(=O)c2ccc(C(=O)c3cc(C(C)C)ccc3OCOC)cc2)cc1. The van der Waals surface area contributed by atoms with Crippen LogP contribution in [0.4, 0.5) is 4.79 Å². The number of carboxylic acid groups (broad SMARTS) is 1. The smallest absolute Gasteiger partial charge is 0.407 e. The van der Waals surface area contributed by atoms with Gasteiger partial charge in [-0.1, -0.05) is 32.0 Å². The first-order chi connectivity index (χ1) is 22.6. The summed E-state index contributed by atoms with van der Waals surface area (Å²) in [6.07, 6.45) is -1.18. The number of ether oxygens (including phenoxy) is 5. The van der Waals surface area contributed by atoms with Crippen molar-refractivity contribution in [2.75, 3.05) is 40.9 Å². The van der Waals surface area contributed by atoms with E-state index in [1.807, 2.05) is 19.9 Å². The molecule has 12 heteroatoms. The molecule has 47 heavy (non-hydrogen) atoms. The van der Waals surface area contributed by atoms with Gasteiger partial charge in [-0.2, -0.15) is 0 Å². The van der Waals surface area contributed by atoms with Crippen LogP contribution in [0.3, 0.4) is 0 Å². The molecule has 0 aromatic heterocycles. The molecule has 0 aliphatic carbocycles. The van der Waals surface area contributed by atoms with Gasteiger partial charge in [0, 0.05) is 38.4 Å². The maximum absolute atomic E-state index is 13.5. The molecule has 0 radical (unpaired) electrons. The number of esters is 1. The fraction of sp³-hybridized carbons (Fsp3) is 0.371. The Morgan fingerprint density at radius 3 is 2.15 bits per heavy atom. The first kappa shape index (κ1) is 34.9. The maximum Gasteiger partial charge on any atom is 0.407 e. The zero-order valence-corrected chi connectivity index (χ0v) is 26.9. The Kier molecular flexibility index (Phi) is 12.3. The standard InChI is InChI=1S/C35H40N2O10/c1-22(2)26-13-16-30(46-21-44-4)28(18-26)32(38)23-7-9-25(10-8-23)34(40)47-31-6-5-17-37(35(41)42)19-29(31)36-33(39)24-11-14-27(15-12-24)45-20-43-3/h7-16,18,22,29,31H,5-6,17,19-21H2,1-4H3,(H,36,39)(H,41,42)/t29-,31-/m1/s1. The summed E-state index contributed by atoms with van der Waals surface area (Å²) in [7, 11) is 2.99. The Bertz CT molecular complexity index is 1540. The first-order valence-corrected chi connectivity index (χ1v) is 15.2. The largest absolute Gasteiger partial charge is 0.468 e. The molecule has 0 unspecified atom stereocenters. The number of carbonyl (C=O) groups is 4. The van der Waals surface area contributed by atoms with Gasteiger partial charge in [-0.05, 0) is 72.9 Å². The van der Waals surface area contributed by atoms with Gasteiger partial charge in [-0.25, -0.2) is 9.59 Å². The Morgan fingerprint density at radius 1 is 0.872 bits per heavy atom. The van der Waals surface area contributed by atoms with Crippen LogP contribution in [0.25, 0.3) is 0 Å². The van der Waals surface area contributed by atoms with Gasteiger partial charge in [0.2, 0.25) is 0 Å².